The maximum Gasteiger partial charge on any atom is 0.287 e. The van der Waals surface area contributed by atoms with Gasteiger partial charge in [-0.3, -0.25) is 9.59 Å². The minimum absolute atomic E-state index is 0.0190. The van der Waals surface area contributed by atoms with Gasteiger partial charge in [0.1, 0.15) is 11.3 Å². The Morgan fingerprint density at radius 1 is 1.14 bits per heavy atom. The molecule has 0 aliphatic rings. The summed E-state index contributed by atoms with van der Waals surface area (Å²) in [7, 11) is 1.60. The predicted molar refractivity (Wildman–Crippen MR) is 113 cm³/mol. The van der Waals surface area contributed by atoms with E-state index < -0.39 is 0 Å². The molecule has 0 bridgehead atoms. The van der Waals surface area contributed by atoms with Gasteiger partial charge in [0.15, 0.2) is 5.76 Å². The number of amides is 2. The minimum Gasteiger partial charge on any atom is -0.497 e. The summed E-state index contributed by atoms with van der Waals surface area (Å²) in [4.78, 5) is 24.6. The van der Waals surface area contributed by atoms with E-state index in [1.165, 1.54) is 0 Å². The van der Waals surface area contributed by atoms with Crippen LogP contribution in [-0.2, 0) is 11.3 Å². The highest BCUT2D eigenvalue weighted by molar-refractivity contribution is 5.99. The summed E-state index contributed by atoms with van der Waals surface area (Å²) in [6.45, 7) is 6.18. The normalized spacial score (nSPS) is 10.9. The molecule has 0 unspecified atom stereocenters. The molecule has 0 saturated heterocycles. The van der Waals surface area contributed by atoms with Gasteiger partial charge in [-0.05, 0) is 48.7 Å². The van der Waals surface area contributed by atoms with Crippen molar-refractivity contribution in [1.29, 1.82) is 0 Å². The Hall–Kier alpha value is -3.28. The highest BCUT2D eigenvalue weighted by Crippen LogP contribution is 2.28. The number of benzene rings is 2. The molecule has 0 spiro atoms. The number of furan rings is 1. The number of aryl methyl sites for hydroxylation is 1. The molecule has 0 fully saturated rings. The summed E-state index contributed by atoms with van der Waals surface area (Å²) in [5, 5.41) is 6.62. The molecule has 2 N–H and O–H groups in total. The number of ether oxygens (including phenoxy) is 1. The van der Waals surface area contributed by atoms with Crippen LogP contribution < -0.4 is 15.4 Å². The number of hydrogen-bond donors (Lipinski definition) is 2. The number of fused-ring (bicyclic) bond motifs is 1. The van der Waals surface area contributed by atoms with Crippen molar-refractivity contribution in [3.8, 4) is 5.75 Å². The van der Waals surface area contributed by atoms with E-state index in [2.05, 4.69) is 10.6 Å². The summed E-state index contributed by atoms with van der Waals surface area (Å²) in [5.74, 6) is 0.991. The number of hydrogen-bond acceptors (Lipinski definition) is 4. The Morgan fingerprint density at radius 2 is 1.93 bits per heavy atom. The van der Waals surface area contributed by atoms with Crippen LogP contribution in [0.5, 0.6) is 5.75 Å². The van der Waals surface area contributed by atoms with Gasteiger partial charge in [-0.15, -0.1) is 0 Å². The van der Waals surface area contributed by atoms with Crippen molar-refractivity contribution in [2.45, 2.75) is 33.7 Å². The zero-order valence-electron chi connectivity index (χ0n) is 17.2. The lowest BCUT2D eigenvalue weighted by Gasteiger charge is -2.09. The average Bonchev–Trinajstić information content (AvgIpc) is 3.01. The molecule has 0 saturated carbocycles. The van der Waals surface area contributed by atoms with E-state index in [0.29, 0.717) is 30.2 Å². The van der Waals surface area contributed by atoms with E-state index in [9.17, 15) is 9.59 Å². The predicted octanol–water partition coefficient (Wildman–Crippen LogP) is 4.66. The van der Waals surface area contributed by atoms with Gasteiger partial charge in [0.05, 0.1) is 7.11 Å². The summed E-state index contributed by atoms with van der Waals surface area (Å²) in [5.41, 5.74) is 3.01. The third kappa shape index (κ3) is 4.96. The largest absolute Gasteiger partial charge is 0.497 e. The van der Waals surface area contributed by atoms with Crippen LogP contribution in [0.4, 0.5) is 5.69 Å². The highest BCUT2D eigenvalue weighted by atomic mass is 16.5. The minimum atomic E-state index is -0.285. The van der Waals surface area contributed by atoms with Crippen LogP contribution in [-0.4, -0.2) is 18.9 Å². The third-order valence-electron chi connectivity index (χ3n) is 4.61. The second-order valence-electron chi connectivity index (χ2n) is 7.45. The van der Waals surface area contributed by atoms with Gasteiger partial charge in [0.25, 0.3) is 5.91 Å². The van der Waals surface area contributed by atoms with Gasteiger partial charge in [-0.1, -0.05) is 26.0 Å². The Kier molecular flexibility index (Phi) is 6.22. The van der Waals surface area contributed by atoms with Crippen molar-refractivity contribution in [2.75, 3.05) is 12.4 Å². The van der Waals surface area contributed by atoms with Gasteiger partial charge < -0.3 is 19.8 Å². The number of nitrogens with one attached hydrogen (secondary N) is 2. The second kappa shape index (κ2) is 8.82. The topological polar surface area (TPSA) is 80.6 Å². The highest BCUT2D eigenvalue weighted by Gasteiger charge is 2.18. The molecule has 0 radical (unpaired) electrons. The first-order chi connectivity index (χ1) is 13.9. The van der Waals surface area contributed by atoms with Crippen LogP contribution in [0, 0.1) is 12.8 Å². The van der Waals surface area contributed by atoms with E-state index >= 15 is 0 Å². The molecule has 3 aromatic rings. The van der Waals surface area contributed by atoms with Crippen molar-refractivity contribution in [3.05, 3.63) is 59.4 Å². The lowest BCUT2D eigenvalue weighted by atomic mass is 10.1. The van der Waals surface area contributed by atoms with Crippen LogP contribution in [0.15, 0.2) is 46.9 Å². The molecule has 1 aromatic heterocycles. The van der Waals surface area contributed by atoms with Crippen LogP contribution in [0.1, 0.15) is 41.9 Å². The third-order valence-corrected chi connectivity index (χ3v) is 4.61. The monoisotopic (exact) mass is 394 g/mol. The van der Waals surface area contributed by atoms with Crippen LogP contribution in [0.25, 0.3) is 11.0 Å². The van der Waals surface area contributed by atoms with Crippen molar-refractivity contribution >= 4 is 28.5 Å². The number of anilines is 1. The van der Waals surface area contributed by atoms with Crippen LogP contribution >= 0.6 is 0 Å². The molecule has 2 amide bonds. The number of carbonyl (C=O) groups excluding carboxylic acids is 2. The molecule has 0 aliphatic carbocycles. The van der Waals surface area contributed by atoms with Gasteiger partial charge in [0, 0.05) is 29.6 Å². The van der Waals surface area contributed by atoms with Gasteiger partial charge >= 0.3 is 0 Å². The van der Waals surface area contributed by atoms with E-state index in [1.807, 2.05) is 51.1 Å². The van der Waals surface area contributed by atoms with Gasteiger partial charge in [-0.2, -0.15) is 0 Å². The zero-order valence-corrected chi connectivity index (χ0v) is 17.2. The fourth-order valence-corrected chi connectivity index (χ4v) is 3.15. The summed E-state index contributed by atoms with van der Waals surface area (Å²) in [6, 6.07) is 12.9. The maximum atomic E-state index is 12.6. The van der Waals surface area contributed by atoms with Crippen LogP contribution in [0.3, 0.4) is 0 Å². The fraction of sp³-hybridized carbons (Fsp3) is 0.304. The van der Waals surface area contributed by atoms with Crippen molar-refractivity contribution in [3.63, 3.8) is 0 Å². The molecule has 1 heterocycles. The van der Waals surface area contributed by atoms with E-state index in [1.54, 1.807) is 19.2 Å². The molecule has 0 aliphatic heterocycles. The summed E-state index contributed by atoms with van der Waals surface area (Å²) >= 11 is 0. The average molecular weight is 394 g/mol. The van der Waals surface area contributed by atoms with Crippen molar-refractivity contribution < 1.29 is 18.7 Å². The van der Waals surface area contributed by atoms with Crippen molar-refractivity contribution in [1.82, 2.24) is 5.32 Å². The first-order valence-electron chi connectivity index (χ1n) is 9.61. The second-order valence-corrected chi connectivity index (χ2v) is 7.45. The Bertz CT molecular complexity index is 1040. The zero-order chi connectivity index (χ0) is 21.0. The molecule has 2 aromatic carbocycles. The Labute approximate surface area is 170 Å². The molecule has 29 heavy (non-hydrogen) atoms. The van der Waals surface area contributed by atoms with E-state index in [-0.39, 0.29) is 17.6 Å². The van der Waals surface area contributed by atoms with E-state index in [4.69, 9.17) is 9.15 Å². The smallest absolute Gasteiger partial charge is 0.287 e. The molecular formula is C23H26N2O4. The number of methoxy groups -OCH3 is 1. The maximum absolute atomic E-state index is 12.6. The lowest BCUT2D eigenvalue weighted by Crippen LogP contribution is -2.23. The fourth-order valence-electron chi connectivity index (χ4n) is 3.15. The molecule has 6 heteroatoms. The van der Waals surface area contributed by atoms with Crippen molar-refractivity contribution in [2.24, 2.45) is 5.92 Å². The quantitative estimate of drug-likeness (QED) is 0.610. The lowest BCUT2D eigenvalue weighted by molar-refractivity contribution is -0.116. The number of rotatable bonds is 7. The van der Waals surface area contributed by atoms with Gasteiger partial charge in [-0.25, -0.2) is 0 Å². The molecule has 0 atom stereocenters. The van der Waals surface area contributed by atoms with Gasteiger partial charge in [0.2, 0.25) is 5.91 Å². The van der Waals surface area contributed by atoms with E-state index in [0.717, 1.165) is 22.2 Å². The first kappa shape index (κ1) is 20.5. The first-order valence-corrected chi connectivity index (χ1v) is 9.61. The summed E-state index contributed by atoms with van der Waals surface area (Å²) < 4.78 is 11.0. The molecule has 152 valence electrons. The number of carbonyl (C=O) groups is 2. The van der Waals surface area contributed by atoms with Crippen LogP contribution in [0.2, 0.25) is 0 Å². The Balaban J connectivity index is 1.68. The standard InChI is InChI=1S/C23H26N2O4/c1-14(2)10-21(26)25-17-7-5-6-16(11-17)13-24-23(27)22-15(3)19-12-18(28-4)8-9-20(19)29-22/h5-9,11-12,14H,10,13H2,1-4H3,(H,24,27)(H,25,26). The SMILES string of the molecule is COc1ccc2oc(C(=O)NCc3cccc(NC(=O)CC(C)C)c3)c(C)c2c1. The molecular weight excluding hydrogens is 368 g/mol. The summed E-state index contributed by atoms with van der Waals surface area (Å²) in [6.07, 6.45) is 0.469. The molecule has 6 nitrogen and oxygen atoms in total. The molecule has 3 rings (SSSR count). The Morgan fingerprint density at radius 3 is 2.66 bits per heavy atom.